The van der Waals surface area contributed by atoms with E-state index in [-0.39, 0.29) is 17.7 Å². The fraction of sp³-hybridized carbons (Fsp3) is 0.500. The number of aliphatic hydroxyl groups excluding tert-OH is 1. The molecule has 0 saturated carbocycles. The van der Waals surface area contributed by atoms with E-state index in [2.05, 4.69) is 5.32 Å². The summed E-state index contributed by atoms with van der Waals surface area (Å²) in [6.45, 7) is 5.97. The second kappa shape index (κ2) is 4.49. The number of benzene rings is 1. The second-order valence-corrected chi connectivity index (χ2v) is 4.99. The van der Waals surface area contributed by atoms with Crippen LogP contribution in [-0.2, 0) is 4.79 Å². The highest BCUT2D eigenvalue weighted by atomic mass is 16.3. The van der Waals surface area contributed by atoms with Gasteiger partial charge >= 0.3 is 0 Å². The van der Waals surface area contributed by atoms with Crippen LogP contribution in [0.2, 0.25) is 0 Å². The van der Waals surface area contributed by atoms with Crippen LogP contribution in [0.5, 0.6) is 0 Å². The van der Waals surface area contributed by atoms with Gasteiger partial charge in [0.25, 0.3) is 0 Å². The quantitative estimate of drug-likeness (QED) is 0.843. The molecule has 2 unspecified atom stereocenters. The maximum atomic E-state index is 11.7. The maximum Gasteiger partial charge on any atom is 0.231 e. The minimum atomic E-state index is -0.464. The van der Waals surface area contributed by atoms with Gasteiger partial charge in [0.05, 0.1) is 12.0 Å². The predicted molar refractivity (Wildman–Crippen MR) is 67.9 cm³/mol. The molecule has 3 nitrogen and oxygen atoms in total. The molecule has 0 aromatic heterocycles. The van der Waals surface area contributed by atoms with Crippen LogP contribution in [0, 0.1) is 5.92 Å². The lowest BCUT2D eigenvalue weighted by atomic mass is 9.92. The van der Waals surface area contributed by atoms with E-state index >= 15 is 0 Å². The first-order chi connectivity index (χ1) is 8.04. The van der Waals surface area contributed by atoms with Crippen molar-refractivity contribution in [1.82, 2.24) is 0 Å². The Morgan fingerprint density at radius 3 is 2.71 bits per heavy atom. The summed E-state index contributed by atoms with van der Waals surface area (Å²) in [4.78, 5) is 11.7. The number of fused-ring (bicyclic) bond motifs is 1. The summed E-state index contributed by atoms with van der Waals surface area (Å²) in [6.07, 6.45) is 0.327. The Balaban J connectivity index is 2.38. The zero-order valence-electron chi connectivity index (χ0n) is 10.5. The van der Waals surface area contributed by atoms with Gasteiger partial charge in [-0.2, -0.15) is 0 Å². The number of carbonyl (C=O) groups is 1. The van der Waals surface area contributed by atoms with E-state index in [1.807, 2.05) is 39.0 Å². The largest absolute Gasteiger partial charge is 0.388 e. The van der Waals surface area contributed by atoms with Crippen LogP contribution < -0.4 is 5.32 Å². The molecule has 2 atom stereocenters. The SMILES string of the molecule is CCC1C(=O)Nc2ccc(C(O)C(C)C)cc21. The Hall–Kier alpha value is -1.35. The monoisotopic (exact) mass is 233 g/mol. The highest BCUT2D eigenvalue weighted by Gasteiger charge is 2.29. The molecule has 1 amide bonds. The lowest BCUT2D eigenvalue weighted by Crippen LogP contribution is -2.10. The van der Waals surface area contributed by atoms with Crippen molar-refractivity contribution in [2.45, 2.75) is 39.2 Å². The number of anilines is 1. The van der Waals surface area contributed by atoms with Crippen LogP contribution in [0.4, 0.5) is 5.69 Å². The van der Waals surface area contributed by atoms with Gasteiger partial charge in [0, 0.05) is 5.69 Å². The minimum Gasteiger partial charge on any atom is -0.388 e. The Bertz CT molecular complexity index is 440. The number of aliphatic hydroxyl groups is 1. The third kappa shape index (κ3) is 2.07. The summed E-state index contributed by atoms with van der Waals surface area (Å²) in [6, 6.07) is 5.75. The molecule has 1 aromatic rings. The molecule has 1 aliphatic heterocycles. The van der Waals surface area contributed by atoms with E-state index < -0.39 is 6.10 Å². The molecule has 0 radical (unpaired) electrons. The molecule has 0 saturated heterocycles. The summed E-state index contributed by atoms with van der Waals surface area (Å²) in [5, 5.41) is 12.9. The van der Waals surface area contributed by atoms with Gasteiger partial charge in [-0.05, 0) is 29.5 Å². The number of nitrogens with one attached hydrogen (secondary N) is 1. The zero-order valence-corrected chi connectivity index (χ0v) is 10.5. The molecule has 92 valence electrons. The normalized spacial score (nSPS) is 20.3. The van der Waals surface area contributed by atoms with Crippen molar-refractivity contribution in [2.24, 2.45) is 5.92 Å². The fourth-order valence-corrected chi connectivity index (χ4v) is 2.32. The smallest absolute Gasteiger partial charge is 0.231 e. The molecular weight excluding hydrogens is 214 g/mol. The summed E-state index contributed by atoms with van der Waals surface area (Å²) in [5.41, 5.74) is 2.81. The molecule has 1 aromatic carbocycles. The van der Waals surface area contributed by atoms with Crippen molar-refractivity contribution >= 4 is 11.6 Å². The minimum absolute atomic E-state index is 0.0655. The Morgan fingerprint density at radius 2 is 2.12 bits per heavy atom. The van der Waals surface area contributed by atoms with Crippen molar-refractivity contribution in [1.29, 1.82) is 0 Å². The molecule has 2 N–H and O–H groups in total. The van der Waals surface area contributed by atoms with Crippen LogP contribution in [0.15, 0.2) is 18.2 Å². The van der Waals surface area contributed by atoms with E-state index in [1.54, 1.807) is 0 Å². The third-order valence-electron chi connectivity index (χ3n) is 3.41. The van der Waals surface area contributed by atoms with Crippen molar-refractivity contribution in [2.75, 3.05) is 5.32 Å². The second-order valence-electron chi connectivity index (χ2n) is 4.99. The topological polar surface area (TPSA) is 49.3 Å². The third-order valence-corrected chi connectivity index (χ3v) is 3.41. The molecule has 1 aliphatic rings. The van der Waals surface area contributed by atoms with E-state index in [0.29, 0.717) is 0 Å². The Morgan fingerprint density at radius 1 is 1.41 bits per heavy atom. The van der Waals surface area contributed by atoms with Gasteiger partial charge in [-0.15, -0.1) is 0 Å². The molecule has 2 rings (SSSR count). The van der Waals surface area contributed by atoms with Crippen molar-refractivity contribution < 1.29 is 9.90 Å². The zero-order chi connectivity index (χ0) is 12.6. The summed E-state index contributed by atoms with van der Waals surface area (Å²) < 4.78 is 0. The summed E-state index contributed by atoms with van der Waals surface area (Å²) in [7, 11) is 0. The van der Waals surface area contributed by atoms with Gasteiger partial charge in [0.1, 0.15) is 0 Å². The van der Waals surface area contributed by atoms with Gasteiger partial charge in [0.2, 0.25) is 5.91 Å². The first-order valence-corrected chi connectivity index (χ1v) is 6.17. The van der Waals surface area contributed by atoms with Crippen molar-refractivity contribution in [3.8, 4) is 0 Å². The Labute approximate surface area is 102 Å². The first-order valence-electron chi connectivity index (χ1n) is 6.17. The average Bonchev–Trinajstić information content (AvgIpc) is 2.62. The molecule has 0 aliphatic carbocycles. The van der Waals surface area contributed by atoms with Gasteiger partial charge in [-0.3, -0.25) is 4.79 Å². The molecule has 0 bridgehead atoms. The van der Waals surface area contributed by atoms with Gasteiger partial charge in [-0.25, -0.2) is 0 Å². The van der Waals surface area contributed by atoms with Crippen LogP contribution in [0.3, 0.4) is 0 Å². The van der Waals surface area contributed by atoms with E-state index in [0.717, 1.165) is 23.2 Å². The van der Waals surface area contributed by atoms with Crippen LogP contribution in [0.25, 0.3) is 0 Å². The van der Waals surface area contributed by atoms with Gasteiger partial charge < -0.3 is 10.4 Å². The first kappa shape index (κ1) is 12.1. The molecule has 17 heavy (non-hydrogen) atoms. The lowest BCUT2D eigenvalue weighted by Gasteiger charge is -2.16. The van der Waals surface area contributed by atoms with Gasteiger partial charge in [-0.1, -0.05) is 32.9 Å². The number of carbonyl (C=O) groups excluding carboxylic acids is 1. The van der Waals surface area contributed by atoms with E-state index in [4.69, 9.17) is 0 Å². The number of hydrogen-bond donors (Lipinski definition) is 2. The number of rotatable bonds is 3. The molecule has 1 heterocycles. The molecule has 0 spiro atoms. The van der Waals surface area contributed by atoms with Crippen LogP contribution in [-0.4, -0.2) is 11.0 Å². The van der Waals surface area contributed by atoms with Gasteiger partial charge in [0.15, 0.2) is 0 Å². The standard InChI is InChI=1S/C14H19NO2/c1-4-10-11-7-9(13(16)8(2)3)5-6-12(11)15-14(10)17/h5-8,10,13,16H,4H2,1-3H3,(H,15,17). The summed E-state index contributed by atoms with van der Waals surface area (Å²) >= 11 is 0. The van der Waals surface area contributed by atoms with Crippen molar-refractivity contribution in [3.63, 3.8) is 0 Å². The number of amides is 1. The highest BCUT2D eigenvalue weighted by Crippen LogP contribution is 2.36. The molecule has 0 fully saturated rings. The van der Waals surface area contributed by atoms with Crippen molar-refractivity contribution in [3.05, 3.63) is 29.3 Å². The van der Waals surface area contributed by atoms with Crippen LogP contribution in [0.1, 0.15) is 50.3 Å². The van der Waals surface area contributed by atoms with E-state index in [1.165, 1.54) is 0 Å². The maximum absolute atomic E-state index is 11.7. The molecule has 3 heteroatoms. The van der Waals surface area contributed by atoms with Crippen LogP contribution >= 0.6 is 0 Å². The highest BCUT2D eigenvalue weighted by molar-refractivity contribution is 6.02. The summed E-state index contributed by atoms with van der Waals surface area (Å²) in [5.74, 6) is 0.182. The molecular formula is C14H19NO2. The Kier molecular flexibility index (Phi) is 3.20. The lowest BCUT2D eigenvalue weighted by molar-refractivity contribution is -0.117. The van der Waals surface area contributed by atoms with E-state index in [9.17, 15) is 9.90 Å². The predicted octanol–water partition coefficient (Wildman–Crippen LogP) is 2.82. The number of hydrogen-bond acceptors (Lipinski definition) is 2. The average molecular weight is 233 g/mol. The fourth-order valence-electron chi connectivity index (χ4n) is 2.32.